The Balaban J connectivity index is 0.00000182. The predicted octanol–water partition coefficient (Wildman–Crippen LogP) is -5.44. The zero-order valence-corrected chi connectivity index (χ0v) is 21.0. The maximum Gasteiger partial charge on any atom is 1.00 e. The second-order valence-electron chi connectivity index (χ2n) is 6.37. The zero-order valence-electron chi connectivity index (χ0n) is 15.3. The fourth-order valence-electron chi connectivity index (χ4n) is 3.20. The SMILES string of the molecule is CC1(C)S[C@@H]2[C@H](NC(=O)[C@H](C(=O)O)c3cccs3)C(=O)N2[C@H]1C(=O)O.[Na+].[Na+]. The number of carboxylic acids is 2. The first-order valence-corrected chi connectivity index (χ1v) is 9.20. The van der Waals surface area contributed by atoms with Crippen LogP contribution in [0.25, 0.3) is 0 Å². The van der Waals surface area contributed by atoms with Gasteiger partial charge in [-0.1, -0.05) is 6.07 Å². The third-order valence-corrected chi connectivity index (χ3v) is 6.82. The van der Waals surface area contributed by atoms with E-state index in [-0.39, 0.29) is 59.1 Å². The summed E-state index contributed by atoms with van der Waals surface area (Å²) in [5.41, 5.74) is 0. The monoisotopic (exact) mass is 430 g/mol. The van der Waals surface area contributed by atoms with E-state index in [0.29, 0.717) is 4.88 Å². The first kappa shape index (κ1) is 25.0. The van der Waals surface area contributed by atoms with E-state index >= 15 is 0 Å². The number of nitrogens with one attached hydrogen (secondary N) is 1. The van der Waals surface area contributed by atoms with E-state index in [2.05, 4.69) is 5.32 Å². The van der Waals surface area contributed by atoms with Crippen molar-refractivity contribution in [2.45, 2.75) is 42.0 Å². The smallest absolute Gasteiger partial charge is 0.480 e. The number of aliphatic carboxylic acids is 2. The van der Waals surface area contributed by atoms with Crippen molar-refractivity contribution in [1.82, 2.24) is 10.2 Å². The van der Waals surface area contributed by atoms with Crippen molar-refractivity contribution in [3.63, 3.8) is 0 Å². The number of amides is 2. The number of fused-ring (bicyclic) bond motifs is 1. The fourth-order valence-corrected chi connectivity index (χ4v) is 5.64. The Morgan fingerprint density at radius 3 is 2.37 bits per heavy atom. The number of nitrogens with zero attached hydrogens (tertiary/aromatic N) is 1. The summed E-state index contributed by atoms with van der Waals surface area (Å²) in [6, 6.07) is 1.30. The van der Waals surface area contributed by atoms with Crippen molar-refractivity contribution >= 4 is 46.9 Å². The van der Waals surface area contributed by atoms with Crippen molar-refractivity contribution in [3.8, 4) is 0 Å². The molecule has 2 saturated heterocycles. The summed E-state index contributed by atoms with van der Waals surface area (Å²) in [7, 11) is 0. The Bertz CT molecular complexity index is 757. The van der Waals surface area contributed by atoms with Crippen LogP contribution >= 0.6 is 23.1 Å². The first-order chi connectivity index (χ1) is 11.6. The molecule has 2 amide bonds. The summed E-state index contributed by atoms with van der Waals surface area (Å²) in [5.74, 6) is -5.06. The molecule has 3 N–H and O–H groups in total. The van der Waals surface area contributed by atoms with E-state index in [1.165, 1.54) is 16.7 Å². The van der Waals surface area contributed by atoms with Crippen LogP contribution in [0.1, 0.15) is 24.6 Å². The minimum atomic E-state index is -1.39. The van der Waals surface area contributed by atoms with Gasteiger partial charge in [-0.3, -0.25) is 14.4 Å². The van der Waals surface area contributed by atoms with E-state index in [0.717, 1.165) is 11.3 Å². The van der Waals surface area contributed by atoms with Crippen LogP contribution in [0.3, 0.4) is 0 Å². The third kappa shape index (κ3) is 4.42. The summed E-state index contributed by atoms with van der Waals surface area (Å²) < 4.78 is -0.703. The fraction of sp³-hybridized carbons (Fsp3) is 0.467. The summed E-state index contributed by atoms with van der Waals surface area (Å²) >= 11 is 2.43. The van der Waals surface area contributed by atoms with Crippen molar-refractivity contribution in [1.29, 1.82) is 0 Å². The number of β-lactam (4-membered cyclic amide) rings is 1. The van der Waals surface area contributed by atoms with Crippen LogP contribution in [-0.4, -0.2) is 61.1 Å². The number of thiophene rings is 1. The second kappa shape index (κ2) is 9.17. The molecule has 12 heteroatoms. The molecule has 0 spiro atoms. The van der Waals surface area contributed by atoms with Gasteiger partial charge in [-0.05, 0) is 25.3 Å². The normalized spacial score (nSPS) is 25.9. The number of hydrogen-bond donors (Lipinski definition) is 3. The Labute approximate surface area is 208 Å². The van der Waals surface area contributed by atoms with Gasteiger partial charge in [0.15, 0.2) is 5.92 Å². The van der Waals surface area contributed by atoms with Gasteiger partial charge in [-0.15, -0.1) is 23.1 Å². The molecule has 3 rings (SSSR count). The number of rotatable bonds is 5. The van der Waals surface area contributed by atoms with Crippen molar-refractivity contribution in [3.05, 3.63) is 22.4 Å². The molecule has 134 valence electrons. The van der Waals surface area contributed by atoms with Gasteiger partial charge in [-0.25, -0.2) is 4.79 Å². The van der Waals surface area contributed by atoms with E-state index in [1.807, 2.05) is 0 Å². The minimum Gasteiger partial charge on any atom is -0.480 e. The number of carbonyl (C=O) groups is 4. The average Bonchev–Trinajstić information content (AvgIpc) is 3.09. The Morgan fingerprint density at radius 1 is 1.26 bits per heavy atom. The molecule has 8 nitrogen and oxygen atoms in total. The van der Waals surface area contributed by atoms with E-state index < -0.39 is 51.9 Å². The maximum absolute atomic E-state index is 12.4. The number of thioether (sulfide) groups is 1. The molecule has 2 aliphatic rings. The minimum absolute atomic E-state index is 0. The van der Waals surface area contributed by atoms with Crippen LogP contribution in [0.2, 0.25) is 0 Å². The molecule has 3 heterocycles. The van der Waals surface area contributed by atoms with E-state index in [9.17, 15) is 29.4 Å². The molecule has 2 aliphatic heterocycles. The number of carboxylic acid groups (broad SMARTS) is 2. The molecule has 4 atom stereocenters. The summed E-state index contributed by atoms with van der Waals surface area (Å²) in [4.78, 5) is 49.3. The zero-order chi connectivity index (χ0) is 18.5. The van der Waals surface area contributed by atoms with Crippen molar-refractivity contribution in [2.24, 2.45) is 0 Å². The standard InChI is InChI=1S/C15H16N2O6S2.2Na/c1-15(2)9(14(22)23)17-11(19)8(12(17)25-15)16-10(18)7(13(20)21)6-4-3-5-24-6;;/h3-5,7-9,12H,1-2H3,(H,16,18)(H,20,21)(H,22,23);;/q;2*+1/t7-,8-,9+,12-;;/m1../s1. The number of carbonyl (C=O) groups excluding carboxylic acids is 2. The van der Waals surface area contributed by atoms with Gasteiger partial charge in [0.25, 0.3) is 0 Å². The van der Waals surface area contributed by atoms with Gasteiger partial charge in [0.2, 0.25) is 11.8 Å². The molecule has 0 bridgehead atoms. The van der Waals surface area contributed by atoms with E-state index in [1.54, 1.807) is 31.4 Å². The molecule has 1 aromatic heterocycles. The quantitative estimate of drug-likeness (QED) is 0.242. The van der Waals surface area contributed by atoms with Crippen LogP contribution in [0, 0.1) is 0 Å². The Morgan fingerprint density at radius 2 is 1.89 bits per heavy atom. The van der Waals surface area contributed by atoms with E-state index in [4.69, 9.17) is 0 Å². The molecular weight excluding hydrogens is 414 g/mol. The largest absolute Gasteiger partial charge is 1.00 e. The van der Waals surface area contributed by atoms with Gasteiger partial charge < -0.3 is 20.4 Å². The van der Waals surface area contributed by atoms with Gasteiger partial charge in [0.05, 0.1) is 0 Å². The van der Waals surface area contributed by atoms with Crippen molar-refractivity contribution in [2.75, 3.05) is 0 Å². The van der Waals surface area contributed by atoms with Crippen LogP contribution in [0.15, 0.2) is 17.5 Å². The first-order valence-electron chi connectivity index (χ1n) is 7.44. The molecular formula is C15H16N2Na2O6S2+2. The molecule has 0 saturated carbocycles. The average molecular weight is 430 g/mol. The molecule has 0 unspecified atom stereocenters. The molecule has 0 aromatic carbocycles. The molecule has 2 fully saturated rings. The second-order valence-corrected chi connectivity index (χ2v) is 9.12. The van der Waals surface area contributed by atoms with Gasteiger partial charge >= 0.3 is 71.1 Å². The van der Waals surface area contributed by atoms with Gasteiger partial charge in [0.1, 0.15) is 17.5 Å². The third-order valence-electron chi connectivity index (χ3n) is 4.31. The summed E-state index contributed by atoms with van der Waals surface area (Å²) in [5, 5.41) is 22.4. The molecule has 0 aliphatic carbocycles. The van der Waals surface area contributed by atoms with Gasteiger partial charge in [0, 0.05) is 9.62 Å². The molecule has 0 radical (unpaired) electrons. The Hall–Kier alpha value is -0.0700. The molecule has 1 aromatic rings. The van der Waals surface area contributed by atoms with Crippen LogP contribution in [-0.2, 0) is 19.2 Å². The van der Waals surface area contributed by atoms with Crippen molar-refractivity contribution < 1.29 is 88.5 Å². The maximum atomic E-state index is 12.4. The summed E-state index contributed by atoms with van der Waals surface area (Å²) in [6.07, 6.45) is 0. The van der Waals surface area contributed by atoms with Crippen LogP contribution in [0.5, 0.6) is 0 Å². The van der Waals surface area contributed by atoms with Crippen LogP contribution in [0.4, 0.5) is 0 Å². The Kier molecular flexibility index (Phi) is 8.48. The molecule has 27 heavy (non-hydrogen) atoms. The number of hydrogen-bond acceptors (Lipinski definition) is 6. The van der Waals surface area contributed by atoms with Crippen LogP contribution < -0.4 is 64.4 Å². The predicted molar refractivity (Wildman–Crippen MR) is 90.4 cm³/mol. The summed E-state index contributed by atoms with van der Waals surface area (Å²) in [6.45, 7) is 3.46. The van der Waals surface area contributed by atoms with Gasteiger partial charge in [-0.2, -0.15) is 0 Å². The topological polar surface area (TPSA) is 124 Å².